The van der Waals surface area contributed by atoms with Crippen LogP contribution in [0, 0.1) is 23.2 Å². The number of anilines is 1. The van der Waals surface area contributed by atoms with Crippen LogP contribution in [-0.4, -0.2) is 12.3 Å². The highest BCUT2D eigenvalue weighted by molar-refractivity contribution is 5.94. The number of hydrogen-bond acceptors (Lipinski definition) is 2. The molecule has 0 aromatic heterocycles. The highest BCUT2D eigenvalue weighted by atomic mass is 19.4. The summed E-state index contributed by atoms with van der Waals surface area (Å²) >= 11 is 0. The minimum Gasteiger partial charge on any atom is -0.384 e. The molecule has 0 spiro atoms. The molecule has 134 valence electrons. The molecule has 0 amide bonds. The van der Waals surface area contributed by atoms with E-state index in [9.17, 15) is 18.0 Å². The Balaban J connectivity index is 1.45. The summed E-state index contributed by atoms with van der Waals surface area (Å²) < 4.78 is 38.8. The third-order valence-corrected chi connectivity index (χ3v) is 7.13. The average molecular weight is 349 g/mol. The van der Waals surface area contributed by atoms with Crippen molar-refractivity contribution in [2.75, 3.05) is 11.9 Å². The molecule has 5 aliphatic rings. The molecule has 1 atom stereocenters. The predicted octanol–water partition coefficient (Wildman–Crippen LogP) is 5.00. The van der Waals surface area contributed by atoms with E-state index in [4.69, 9.17) is 0 Å². The number of carbonyl (C=O) groups is 1. The molecule has 4 fully saturated rings. The summed E-state index contributed by atoms with van der Waals surface area (Å²) in [6.07, 6.45) is 2.50. The first-order chi connectivity index (χ1) is 11.8. The monoisotopic (exact) mass is 349 g/mol. The van der Waals surface area contributed by atoms with Gasteiger partial charge in [-0.3, -0.25) is 4.79 Å². The van der Waals surface area contributed by atoms with E-state index in [0.717, 1.165) is 37.0 Å². The Morgan fingerprint density at radius 1 is 1.04 bits per heavy atom. The van der Waals surface area contributed by atoms with Gasteiger partial charge in [0.2, 0.25) is 0 Å². The largest absolute Gasteiger partial charge is 0.416 e. The summed E-state index contributed by atoms with van der Waals surface area (Å²) in [7, 11) is 0. The number of hydrogen-bond donors (Lipinski definition) is 1. The molecule has 4 aliphatic carbocycles. The minimum atomic E-state index is -4.35. The van der Waals surface area contributed by atoms with Crippen molar-refractivity contribution in [2.24, 2.45) is 23.2 Å². The number of fused-ring (bicyclic) bond motifs is 1. The van der Waals surface area contributed by atoms with E-state index < -0.39 is 11.7 Å². The predicted molar refractivity (Wildman–Crippen MR) is 88.3 cm³/mol. The Bertz CT molecular complexity index is 704. The first-order valence-electron chi connectivity index (χ1n) is 9.33. The number of Topliss-reactive ketones (excluding diaryl/α,β-unsaturated/α-hetero) is 1. The van der Waals surface area contributed by atoms with Crippen LogP contribution in [0.15, 0.2) is 18.2 Å². The molecule has 2 nitrogen and oxygen atoms in total. The summed E-state index contributed by atoms with van der Waals surface area (Å²) in [5, 5.41) is 3.05. The molecule has 0 radical (unpaired) electrons. The number of nitrogens with one attached hydrogen (secondary N) is 1. The van der Waals surface area contributed by atoms with Gasteiger partial charge in [0.1, 0.15) is 5.78 Å². The molecule has 1 aromatic carbocycles. The van der Waals surface area contributed by atoms with E-state index in [-0.39, 0.29) is 17.1 Å². The normalized spacial score (nSPS) is 38.5. The van der Waals surface area contributed by atoms with Crippen LogP contribution in [0.4, 0.5) is 18.9 Å². The van der Waals surface area contributed by atoms with Gasteiger partial charge in [-0.25, -0.2) is 0 Å². The fourth-order valence-electron chi connectivity index (χ4n) is 6.53. The number of ketones is 1. The Kier molecular flexibility index (Phi) is 3.15. The lowest BCUT2D eigenvalue weighted by Crippen LogP contribution is -2.51. The summed E-state index contributed by atoms with van der Waals surface area (Å²) in [5.74, 6) is 2.08. The van der Waals surface area contributed by atoms with Crippen LogP contribution in [0.2, 0.25) is 0 Å². The lowest BCUT2D eigenvalue weighted by atomic mass is 9.47. The standard InChI is InChI=1S/C20H22F3NO/c21-20(22,23)14-1-2-15-16(10-24-17(15)6-14)18(25)19-7-11-3-12(8-19)5-13(4-11)9-19/h1-2,6,11-13,16,24H,3-5,7-10H2. The molecule has 25 heavy (non-hydrogen) atoms. The second-order valence-electron chi connectivity index (χ2n) is 8.80. The Morgan fingerprint density at radius 3 is 2.20 bits per heavy atom. The maximum absolute atomic E-state index is 13.5. The van der Waals surface area contributed by atoms with Gasteiger partial charge in [-0.1, -0.05) is 6.07 Å². The van der Waals surface area contributed by atoms with Crippen LogP contribution in [0.25, 0.3) is 0 Å². The molecular formula is C20H22F3NO. The molecule has 1 unspecified atom stereocenters. The number of carbonyl (C=O) groups excluding carboxylic acids is 1. The quantitative estimate of drug-likeness (QED) is 0.814. The van der Waals surface area contributed by atoms with Crippen molar-refractivity contribution >= 4 is 11.5 Å². The van der Waals surface area contributed by atoms with Gasteiger partial charge in [-0.2, -0.15) is 13.2 Å². The molecule has 5 heteroatoms. The molecule has 6 rings (SSSR count). The van der Waals surface area contributed by atoms with Gasteiger partial charge < -0.3 is 5.32 Å². The van der Waals surface area contributed by atoms with E-state index in [1.54, 1.807) is 0 Å². The van der Waals surface area contributed by atoms with Crippen molar-refractivity contribution in [3.63, 3.8) is 0 Å². The number of halogens is 3. The maximum Gasteiger partial charge on any atom is 0.416 e. The SMILES string of the molecule is O=C(C1CNc2cc(C(F)(F)F)ccc21)C12CC3CC(CC(C3)C1)C2. The van der Waals surface area contributed by atoms with E-state index in [2.05, 4.69) is 5.32 Å². The van der Waals surface area contributed by atoms with E-state index in [1.807, 2.05) is 0 Å². The topological polar surface area (TPSA) is 29.1 Å². The van der Waals surface area contributed by atoms with Crippen molar-refractivity contribution in [2.45, 2.75) is 50.6 Å². The molecule has 1 N–H and O–H groups in total. The fraction of sp³-hybridized carbons (Fsp3) is 0.650. The third kappa shape index (κ3) is 2.34. The van der Waals surface area contributed by atoms with Crippen LogP contribution < -0.4 is 5.32 Å². The van der Waals surface area contributed by atoms with Gasteiger partial charge >= 0.3 is 6.18 Å². The van der Waals surface area contributed by atoms with Crippen LogP contribution in [0.5, 0.6) is 0 Å². The zero-order valence-electron chi connectivity index (χ0n) is 14.0. The second kappa shape index (κ2) is 5.01. The third-order valence-electron chi connectivity index (χ3n) is 7.13. The summed E-state index contributed by atoms with van der Waals surface area (Å²) in [5.41, 5.74) is 0.388. The summed E-state index contributed by atoms with van der Waals surface area (Å²) in [6, 6.07) is 3.79. The van der Waals surface area contributed by atoms with Gasteiger partial charge in [0.05, 0.1) is 11.5 Å². The summed E-state index contributed by atoms with van der Waals surface area (Å²) in [6.45, 7) is 0.442. The summed E-state index contributed by atoms with van der Waals surface area (Å²) in [4.78, 5) is 13.5. The van der Waals surface area contributed by atoms with E-state index in [1.165, 1.54) is 25.3 Å². The highest BCUT2D eigenvalue weighted by Crippen LogP contribution is 2.61. The van der Waals surface area contributed by atoms with Crippen molar-refractivity contribution in [3.8, 4) is 0 Å². The maximum atomic E-state index is 13.5. The number of alkyl halides is 3. The van der Waals surface area contributed by atoms with Crippen LogP contribution in [0.3, 0.4) is 0 Å². The van der Waals surface area contributed by atoms with E-state index >= 15 is 0 Å². The smallest absolute Gasteiger partial charge is 0.384 e. The van der Waals surface area contributed by atoms with Crippen molar-refractivity contribution in [3.05, 3.63) is 29.3 Å². The molecule has 1 heterocycles. The van der Waals surface area contributed by atoms with Crippen LogP contribution >= 0.6 is 0 Å². The van der Waals surface area contributed by atoms with Crippen LogP contribution in [-0.2, 0) is 11.0 Å². The first-order valence-corrected chi connectivity index (χ1v) is 9.33. The zero-order chi connectivity index (χ0) is 17.4. The fourth-order valence-corrected chi connectivity index (χ4v) is 6.53. The van der Waals surface area contributed by atoms with Crippen molar-refractivity contribution in [1.29, 1.82) is 0 Å². The van der Waals surface area contributed by atoms with Gasteiger partial charge in [-0.15, -0.1) is 0 Å². The second-order valence-corrected chi connectivity index (χ2v) is 8.80. The molecule has 0 saturated heterocycles. The molecular weight excluding hydrogens is 327 g/mol. The Hall–Kier alpha value is -1.52. The van der Waals surface area contributed by atoms with Crippen LogP contribution in [0.1, 0.15) is 55.6 Å². The molecule has 1 aliphatic heterocycles. The number of benzene rings is 1. The van der Waals surface area contributed by atoms with E-state index in [0.29, 0.717) is 30.0 Å². The van der Waals surface area contributed by atoms with Crippen molar-refractivity contribution < 1.29 is 18.0 Å². The van der Waals surface area contributed by atoms with Gasteiger partial charge in [0, 0.05) is 17.6 Å². The minimum absolute atomic E-state index is 0.203. The Morgan fingerprint density at radius 2 is 1.64 bits per heavy atom. The average Bonchev–Trinajstić information content (AvgIpc) is 2.95. The molecule has 4 saturated carbocycles. The van der Waals surface area contributed by atoms with Gasteiger partial charge in [-0.05, 0) is 74.0 Å². The lowest BCUT2D eigenvalue weighted by molar-refractivity contribution is -0.145. The zero-order valence-corrected chi connectivity index (χ0v) is 14.0. The number of rotatable bonds is 2. The van der Waals surface area contributed by atoms with Gasteiger partial charge in [0.25, 0.3) is 0 Å². The Labute approximate surface area is 145 Å². The lowest BCUT2D eigenvalue weighted by Gasteiger charge is -2.56. The molecule has 1 aromatic rings. The molecule has 4 bridgehead atoms. The van der Waals surface area contributed by atoms with Gasteiger partial charge in [0.15, 0.2) is 0 Å². The first kappa shape index (κ1) is 15.7. The van der Waals surface area contributed by atoms with Crippen molar-refractivity contribution in [1.82, 2.24) is 0 Å². The highest BCUT2D eigenvalue weighted by Gasteiger charge is 2.56.